The van der Waals surface area contributed by atoms with Crippen LogP contribution in [0.2, 0.25) is 5.02 Å². The third-order valence-corrected chi connectivity index (χ3v) is 5.50. The van der Waals surface area contributed by atoms with Crippen LogP contribution in [0.25, 0.3) is 33.9 Å². The van der Waals surface area contributed by atoms with Crippen LogP contribution in [0.15, 0.2) is 60.9 Å². The third-order valence-electron chi connectivity index (χ3n) is 5.24. The van der Waals surface area contributed by atoms with Gasteiger partial charge in [-0.25, -0.2) is 4.98 Å². The maximum absolute atomic E-state index is 11.3. The Hall–Kier alpha value is -3.44. The molecule has 0 amide bonds. The number of aryl methyl sites for hydroxylation is 1. The fourth-order valence-corrected chi connectivity index (χ4v) is 3.75. The highest BCUT2D eigenvalue weighted by molar-refractivity contribution is 6.30. The molecule has 0 bridgehead atoms. The molecule has 1 N–H and O–H groups in total. The second kappa shape index (κ2) is 8.74. The van der Waals surface area contributed by atoms with Crippen LogP contribution in [-0.2, 0) is 16.1 Å². The Labute approximate surface area is 186 Å². The number of aromatic nitrogens is 3. The van der Waals surface area contributed by atoms with Crippen LogP contribution in [0.3, 0.4) is 0 Å². The number of halogens is 1. The van der Waals surface area contributed by atoms with Gasteiger partial charge in [-0.1, -0.05) is 35.9 Å². The summed E-state index contributed by atoms with van der Waals surface area (Å²) < 4.78 is 5.23. The summed E-state index contributed by atoms with van der Waals surface area (Å²) in [5.41, 5.74) is 7.76. The summed E-state index contributed by atoms with van der Waals surface area (Å²) in [5.74, 6) is 0.459. The number of carbonyl (C=O) groups excluding carboxylic acids is 1. The molecule has 0 atom stereocenters. The van der Waals surface area contributed by atoms with E-state index in [1.165, 1.54) is 6.92 Å². The van der Waals surface area contributed by atoms with Gasteiger partial charge in [-0.05, 0) is 54.8 Å². The number of nitrogens with one attached hydrogen (secondary N) is 1. The quantitative estimate of drug-likeness (QED) is 0.385. The minimum absolute atomic E-state index is 0.233. The first-order chi connectivity index (χ1) is 14.9. The van der Waals surface area contributed by atoms with Crippen LogP contribution in [0.4, 0.5) is 0 Å². The van der Waals surface area contributed by atoms with E-state index in [0.717, 1.165) is 50.6 Å². The molecule has 0 fully saturated rings. The Bertz CT molecular complexity index is 1230. The molecule has 31 heavy (non-hydrogen) atoms. The number of ether oxygens (including phenoxy) is 1. The van der Waals surface area contributed by atoms with Crippen LogP contribution in [0, 0.1) is 13.8 Å². The van der Waals surface area contributed by atoms with E-state index in [-0.39, 0.29) is 12.6 Å². The van der Waals surface area contributed by atoms with E-state index in [9.17, 15) is 4.79 Å². The van der Waals surface area contributed by atoms with E-state index >= 15 is 0 Å². The Morgan fingerprint density at radius 1 is 1.00 bits per heavy atom. The van der Waals surface area contributed by atoms with Crippen molar-refractivity contribution in [2.45, 2.75) is 27.4 Å². The van der Waals surface area contributed by atoms with Crippen molar-refractivity contribution >= 4 is 17.6 Å². The highest BCUT2D eigenvalue weighted by Crippen LogP contribution is 2.36. The predicted octanol–water partition coefficient (Wildman–Crippen LogP) is 6.14. The van der Waals surface area contributed by atoms with Crippen molar-refractivity contribution in [1.82, 2.24) is 15.0 Å². The molecule has 0 saturated heterocycles. The van der Waals surface area contributed by atoms with E-state index in [0.29, 0.717) is 5.02 Å². The molecule has 4 aromatic rings. The minimum atomic E-state index is -0.301. The first kappa shape index (κ1) is 20.8. The van der Waals surface area contributed by atoms with Crippen LogP contribution in [0.1, 0.15) is 23.6 Å². The van der Waals surface area contributed by atoms with Crippen LogP contribution < -0.4 is 0 Å². The van der Waals surface area contributed by atoms with Crippen molar-refractivity contribution in [2.75, 3.05) is 0 Å². The smallest absolute Gasteiger partial charge is 0.302 e. The van der Waals surface area contributed by atoms with Gasteiger partial charge >= 0.3 is 5.97 Å². The molecule has 0 aliphatic heterocycles. The average molecular weight is 432 g/mol. The van der Waals surface area contributed by atoms with Gasteiger partial charge in [0, 0.05) is 41.0 Å². The van der Waals surface area contributed by atoms with E-state index in [2.05, 4.69) is 16.9 Å². The minimum Gasteiger partial charge on any atom is -0.461 e. The molecule has 0 unspecified atom stereocenters. The fraction of sp³-hybridized carbons (Fsp3) is 0.160. The van der Waals surface area contributed by atoms with Gasteiger partial charge in [-0.2, -0.15) is 0 Å². The van der Waals surface area contributed by atoms with Crippen molar-refractivity contribution in [3.05, 3.63) is 82.6 Å². The lowest BCUT2D eigenvalue weighted by atomic mass is 9.97. The van der Waals surface area contributed by atoms with Gasteiger partial charge in [0.1, 0.15) is 12.4 Å². The maximum atomic E-state index is 11.3. The van der Waals surface area contributed by atoms with Gasteiger partial charge < -0.3 is 9.72 Å². The van der Waals surface area contributed by atoms with Crippen molar-refractivity contribution in [1.29, 1.82) is 0 Å². The Morgan fingerprint density at radius 3 is 2.39 bits per heavy atom. The van der Waals surface area contributed by atoms with Gasteiger partial charge in [-0.15, -0.1) is 0 Å². The number of esters is 1. The third kappa shape index (κ3) is 4.37. The lowest BCUT2D eigenvalue weighted by Crippen LogP contribution is -2.02. The summed E-state index contributed by atoms with van der Waals surface area (Å²) in [4.78, 5) is 23.9. The molecule has 0 spiro atoms. The molecule has 2 heterocycles. The first-order valence-corrected chi connectivity index (χ1v) is 10.3. The van der Waals surface area contributed by atoms with Gasteiger partial charge in [0.25, 0.3) is 0 Å². The lowest BCUT2D eigenvalue weighted by Gasteiger charge is -2.13. The van der Waals surface area contributed by atoms with Gasteiger partial charge in [0.05, 0.1) is 11.4 Å². The molecular formula is C25H22ClN3O2. The van der Waals surface area contributed by atoms with Crippen LogP contribution >= 0.6 is 11.6 Å². The summed E-state index contributed by atoms with van der Waals surface area (Å²) in [6, 6.07) is 15.6. The number of H-pyrrole nitrogens is 1. The largest absolute Gasteiger partial charge is 0.461 e. The normalized spacial score (nSPS) is 10.8. The molecule has 2 aromatic heterocycles. The predicted molar refractivity (Wildman–Crippen MR) is 123 cm³/mol. The fourth-order valence-electron chi connectivity index (χ4n) is 3.63. The molecule has 0 aliphatic rings. The van der Waals surface area contributed by atoms with E-state index in [1.807, 2.05) is 55.5 Å². The number of carbonyl (C=O) groups is 1. The van der Waals surface area contributed by atoms with Crippen molar-refractivity contribution in [2.24, 2.45) is 0 Å². The SMILES string of the molecule is CC(=O)OCc1ccc(C)c(-c2nc(-c3ccc(Cl)cc3)c(-c3ccncc3)[nH]2)c1C. The lowest BCUT2D eigenvalue weighted by molar-refractivity contribution is -0.142. The standard InChI is InChI=1S/C25H22ClN3O2/c1-15-4-5-20(14-31-17(3)30)16(2)22(15)25-28-23(18-6-8-21(26)9-7-18)24(29-25)19-10-12-27-13-11-19/h4-13H,14H2,1-3H3,(H,28,29). The zero-order chi connectivity index (χ0) is 22.0. The Morgan fingerprint density at radius 2 is 1.71 bits per heavy atom. The Balaban J connectivity index is 1.88. The van der Waals surface area contributed by atoms with Gasteiger partial charge in [0.15, 0.2) is 0 Å². The number of hydrogen-bond donors (Lipinski definition) is 1. The van der Waals surface area contributed by atoms with E-state index in [4.69, 9.17) is 21.3 Å². The molecule has 156 valence electrons. The topological polar surface area (TPSA) is 67.9 Å². The summed E-state index contributed by atoms with van der Waals surface area (Å²) in [7, 11) is 0. The number of hydrogen-bond acceptors (Lipinski definition) is 4. The number of benzene rings is 2. The summed E-state index contributed by atoms with van der Waals surface area (Å²) in [6.45, 7) is 5.72. The highest BCUT2D eigenvalue weighted by atomic mass is 35.5. The van der Waals surface area contributed by atoms with Crippen molar-refractivity contribution in [3.63, 3.8) is 0 Å². The van der Waals surface area contributed by atoms with Gasteiger partial charge in [-0.3, -0.25) is 9.78 Å². The summed E-state index contributed by atoms with van der Waals surface area (Å²) >= 11 is 6.10. The zero-order valence-corrected chi connectivity index (χ0v) is 18.3. The second-order valence-electron chi connectivity index (χ2n) is 7.37. The van der Waals surface area contributed by atoms with Gasteiger partial charge in [0.2, 0.25) is 0 Å². The maximum Gasteiger partial charge on any atom is 0.302 e. The average Bonchev–Trinajstić information content (AvgIpc) is 3.19. The molecular weight excluding hydrogens is 410 g/mol. The van der Waals surface area contributed by atoms with E-state index in [1.54, 1.807) is 12.4 Å². The number of aromatic amines is 1. The number of imidazole rings is 1. The molecule has 0 aliphatic carbocycles. The molecule has 2 aromatic carbocycles. The summed E-state index contributed by atoms with van der Waals surface area (Å²) in [6.07, 6.45) is 3.52. The molecule has 0 saturated carbocycles. The number of pyridine rings is 1. The summed E-state index contributed by atoms with van der Waals surface area (Å²) in [5, 5.41) is 0.676. The number of nitrogens with zero attached hydrogens (tertiary/aromatic N) is 2. The second-order valence-corrected chi connectivity index (χ2v) is 7.81. The molecule has 4 rings (SSSR count). The number of rotatable bonds is 5. The molecule has 5 nitrogen and oxygen atoms in total. The molecule has 0 radical (unpaired) electrons. The highest BCUT2D eigenvalue weighted by Gasteiger charge is 2.19. The van der Waals surface area contributed by atoms with Crippen LogP contribution in [0.5, 0.6) is 0 Å². The Kier molecular flexibility index (Phi) is 5.87. The first-order valence-electron chi connectivity index (χ1n) is 9.93. The van der Waals surface area contributed by atoms with Crippen molar-refractivity contribution < 1.29 is 9.53 Å². The van der Waals surface area contributed by atoms with E-state index < -0.39 is 0 Å². The molecule has 6 heteroatoms. The zero-order valence-electron chi connectivity index (χ0n) is 17.6. The van der Waals surface area contributed by atoms with Crippen molar-refractivity contribution in [3.8, 4) is 33.9 Å². The van der Waals surface area contributed by atoms with Crippen LogP contribution in [-0.4, -0.2) is 20.9 Å². The monoisotopic (exact) mass is 431 g/mol.